The zero-order valence-corrected chi connectivity index (χ0v) is 29.1. The van der Waals surface area contributed by atoms with Crippen molar-refractivity contribution >= 4 is 11.3 Å². The Hall–Kier alpha value is -2.71. The summed E-state index contributed by atoms with van der Waals surface area (Å²) < 4.78 is 2.55. The van der Waals surface area contributed by atoms with Crippen LogP contribution in [0.2, 0.25) is 0 Å². The Bertz CT molecular complexity index is 1460. The Morgan fingerprint density at radius 3 is 1.33 bits per heavy atom. The van der Waals surface area contributed by atoms with Crippen molar-refractivity contribution in [1.82, 2.24) is 0 Å². The van der Waals surface area contributed by atoms with E-state index in [2.05, 4.69) is 148 Å². The van der Waals surface area contributed by atoms with Gasteiger partial charge in [0, 0.05) is 6.42 Å². The summed E-state index contributed by atoms with van der Waals surface area (Å²) in [6, 6.07) is 21.7. The summed E-state index contributed by atoms with van der Waals surface area (Å²) in [6.45, 7) is 28.0. The van der Waals surface area contributed by atoms with Gasteiger partial charge in [-0.25, -0.2) is 0 Å². The number of aromatic nitrogens is 1. The van der Waals surface area contributed by atoms with Gasteiger partial charge in [0.05, 0.1) is 16.0 Å². The van der Waals surface area contributed by atoms with Gasteiger partial charge < -0.3 is 0 Å². The minimum Gasteiger partial charge on any atom is -0.153 e. The molecule has 0 amide bonds. The first kappa shape index (κ1) is 30.7. The second-order valence-corrected chi connectivity index (χ2v) is 17.6. The molecule has 222 valence electrons. The van der Waals surface area contributed by atoms with Gasteiger partial charge in [-0.3, -0.25) is 0 Å². The normalized spacial score (nSPS) is 14.4. The van der Waals surface area contributed by atoms with Crippen LogP contribution in [0.25, 0.3) is 27.9 Å². The van der Waals surface area contributed by atoms with Gasteiger partial charge in [0.25, 0.3) is 0 Å². The highest BCUT2D eigenvalue weighted by Crippen LogP contribution is 2.41. The van der Waals surface area contributed by atoms with Gasteiger partial charge in [-0.15, -0.1) is 0 Å². The third kappa shape index (κ3) is 6.02. The maximum atomic E-state index is 2.55. The van der Waals surface area contributed by atoms with Crippen molar-refractivity contribution in [3.63, 3.8) is 0 Å². The molecule has 1 nitrogen and oxygen atoms in total. The van der Waals surface area contributed by atoms with Crippen LogP contribution >= 0.6 is 11.3 Å². The van der Waals surface area contributed by atoms with Crippen LogP contribution in [-0.2, 0) is 34.5 Å². The fourth-order valence-corrected chi connectivity index (χ4v) is 7.08. The largest absolute Gasteiger partial charge is 0.231 e. The van der Waals surface area contributed by atoms with Crippen molar-refractivity contribution in [2.75, 3.05) is 0 Å². The number of fused-ring (bicyclic) bond motifs is 1. The quantitative estimate of drug-likeness (QED) is 0.213. The van der Waals surface area contributed by atoms with Gasteiger partial charge >= 0.3 is 0 Å². The maximum Gasteiger partial charge on any atom is 0.231 e. The monoisotopic (exact) mass is 578 g/mol. The van der Waals surface area contributed by atoms with Crippen LogP contribution in [0.15, 0.2) is 60.1 Å². The summed E-state index contributed by atoms with van der Waals surface area (Å²) >= 11 is 1.93. The molecule has 0 aliphatic heterocycles. The molecule has 0 unspecified atom stereocenters. The van der Waals surface area contributed by atoms with Gasteiger partial charge in [-0.2, -0.15) is 4.57 Å². The first-order valence-corrected chi connectivity index (χ1v) is 16.7. The van der Waals surface area contributed by atoms with Crippen molar-refractivity contribution in [2.45, 2.75) is 124 Å². The molecule has 2 heteroatoms. The molecular formula is C40H52NS+. The molecule has 1 aliphatic carbocycles. The number of para-hydroxylation sites is 1. The van der Waals surface area contributed by atoms with Gasteiger partial charge in [0.1, 0.15) is 0 Å². The molecule has 1 aromatic heterocycles. The molecule has 0 saturated carbocycles. The molecule has 0 bridgehead atoms. The molecule has 0 radical (unpaired) electrons. The first-order valence-electron chi connectivity index (χ1n) is 15.8. The van der Waals surface area contributed by atoms with E-state index in [0.29, 0.717) is 0 Å². The number of rotatable bonds is 3. The highest BCUT2D eigenvalue weighted by Gasteiger charge is 2.32. The average Bonchev–Trinajstić information content (AvgIpc) is 3.50. The van der Waals surface area contributed by atoms with Crippen molar-refractivity contribution in [3.05, 3.63) is 92.9 Å². The van der Waals surface area contributed by atoms with Crippen LogP contribution in [0.3, 0.4) is 0 Å². The number of benzene rings is 3. The zero-order chi connectivity index (χ0) is 30.8. The SMILES string of the molecule is CC(C)(C)c1cc(-c2cccc(-c3cc(C(C)(C)C)cc(C(C)(C)C)c3)c2-[n+]2csc3c2CCC3)cc(C(C)(C)C)c1. The topological polar surface area (TPSA) is 3.88 Å². The third-order valence-corrected chi connectivity index (χ3v) is 10.0. The van der Waals surface area contributed by atoms with Crippen molar-refractivity contribution in [3.8, 4) is 27.9 Å². The predicted octanol–water partition coefficient (Wildman–Crippen LogP) is 11.0. The molecule has 3 aromatic carbocycles. The Kier molecular flexibility index (Phi) is 7.67. The summed E-state index contributed by atoms with van der Waals surface area (Å²) in [5, 5.41) is 0. The summed E-state index contributed by atoms with van der Waals surface area (Å²) in [5.41, 5.74) is 16.3. The van der Waals surface area contributed by atoms with E-state index in [1.807, 2.05) is 11.3 Å². The number of nitrogens with zero attached hydrogens (tertiary/aromatic N) is 1. The van der Waals surface area contributed by atoms with Gasteiger partial charge in [0.2, 0.25) is 16.9 Å². The van der Waals surface area contributed by atoms with Crippen molar-refractivity contribution in [2.24, 2.45) is 0 Å². The lowest BCUT2D eigenvalue weighted by molar-refractivity contribution is -0.597. The van der Waals surface area contributed by atoms with Gasteiger partial charge in [0.15, 0.2) is 0 Å². The molecule has 0 saturated heterocycles. The minimum atomic E-state index is 0.0627. The molecule has 4 aromatic rings. The second kappa shape index (κ2) is 10.5. The maximum absolute atomic E-state index is 2.55. The summed E-state index contributed by atoms with van der Waals surface area (Å²) in [7, 11) is 0. The number of hydrogen-bond acceptors (Lipinski definition) is 1. The van der Waals surface area contributed by atoms with E-state index in [-0.39, 0.29) is 21.7 Å². The number of hydrogen-bond donors (Lipinski definition) is 0. The van der Waals surface area contributed by atoms with Gasteiger partial charge in [-0.1, -0.05) is 137 Å². The number of aryl methyl sites for hydroxylation is 1. The standard InChI is InChI=1S/C40H52NS/c1-37(2,3)28-19-26(20-29(23-28)38(4,5)6)32-15-13-16-33(36(32)41-25-42-35-18-14-17-34(35)41)27-21-30(39(7,8)9)24-31(22-27)40(10,11)12/h13,15-16,19-25H,14,17-18H2,1-12H3/q+1. The second-order valence-electron chi connectivity index (χ2n) is 16.6. The van der Waals surface area contributed by atoms with E-state index in [9.17, 15) is 0 Å². The molecule has 0 atom stereocenters. The minimum absolute atomic E-state index is 0.0627. The Morgan fingerprint density at radius 1 is 0.548 bits per heavy atom. The van der Waals surface area contributed by atoms with E-state index < -0.39 is 0 Å². The summed E-state index contributed by atoms with van der Waals surface area (Å²) in [5.74, 6) is 0. The summed E-state index contributed by atoms with van der Waals surface area (Å²) in [4.78, 5) is 1.55. The average molecular weight is 579 g/mol. The van der Waals surface area contributed by atoms with Crippen LogP contribution in [0, 0.1) is 0 Å². The van der Waals surface area contributed by atoms with Crippen LogP contribution in [-0.4, -0.2) is 0 Å². The molecule has 0 spiro atoms. The highest BCUT2D eigenvalue weighted by molar-refractivity contribution is 7.09. The van der Waals surface area contributed by atoms with Gasteiger partial charge in [-0.05, 0) is 80.0 Å². The predicted molar refractivity (Wildman–Crippen MR) is 184 cm³/mol. The molecule has 1 aliphatic rings. The van der Waals surface area contributed by atoms with Crippen LogP contribution < -0.4 is 4.57 Å². The molecule has 0 N–H and O–H groups in total. The van der Waals surface area contributed by atoms with Crippen molar-refractivity contribution < 1.29 is 4.57 Å². The lowest BCUT2D eigenvalue weighted by Crippen LogP contribution is -2.34. The Labute approximate surface area is 260 Å². The molecule has 0 fully saturated rings. The van der Waals surface area contributed by atoms with Crippen LogP contribution in [0.4, 0.5) is 0 Å². The number of thiazole rings is 1. The zero-order valence-electron chi connectivity index (χ0n) is 28.3. The third-order valence-electron chi connectivity index (χ3n) is 8.96. The fraction of sp³-hybridized carbons (Fsp3) is 0.475. The lowest BCUT2D eigenvalue weighted by atomic mass is 9.77. The first-order chi connectivity index (χ1) is 19.3. The Balaban J connectivity index is 1.88. The van der Waals surface area contributed by atoms with E-state index in [4.69, 9.17) is 0 Å². The lowest BCUT2D eigenvalue weighted by Gasteiger charge is -2.27. The molecule has 42 heavy (non-hydrogen) atoms. The summed E-state index contributed by atoms with van der Waals surface area (Å²) in [6.07, 6.45) is 3.60. The van der Waals surface area contributed by atoms with Crippen molar-refractivity contribution in [1.29, 1.82) is 0 Å². The molecule has 1 heterocycles. The fourth-order valence-electron chi connectivity index (χ4n) is 6.02. The van der Waals surface area contributed by atoms with E-state index >= 15 is 0 Å². The molecular weight excluding hydrogens is 527 g/mol. The smallest absolute Gasteiger partial charge is 0.153 e. The van der Waals surface area contributed by atoms with Crippen LogP contribution in [0.5, 0.6) is 0 Å². The van der Waals surface area contributed by atoms with E-state index in [0.717, 1.165) is 6.42 Å². The highest BCUT2D eigenvalue weighted by atomic mass is 32.1. The molecule has 5 rings (SSSR count). The van der Waals surface area contributed by atoms with E-state index in [1.54, 1.807) is 4.88 Å². The Morgan fingerprint density at radius 2 is 0.952 bits per heavy atom. The van der Waals surface area contributed by atoms with E-state index in [1.165, 1.54) is 68.7 Å². The van der Waals surface area contributed by atoms with Crippen LogP contribution in [0.1, 0.15) is 122 Å².